The molecule has 0 heterocycles. The van der Waals surface area contributed by atoms with E-state index >= 15 is 0 Å². The first-order chi connectivity index (χ1) is 18.1. The summed E-state index contributed by atoms with van der Waals surface area (Å²) in [6.07, 6.45) is -0.920. The van der Waals surface area contributed by atoms with E-state index in [0.717, 1.165) is 11.1 Å². The van der Waals surface area contributed by atoms with Crippen molar-refractivity contribution in [1.29, 1.82) is 0 Å². The lowest BCUT2D eigenvalue weighted by atomic mass is 9.87. The number of benzene rings is 3. The molecule has 196 valence electrons. The molecular formula is C28H23BrO8S. The van der Waals surface area contributed by atoms with Crippen molar-refractivity contribution in [3.8, 4) is 11.5 Å². The third-order valence-corrected chi connectivity index (χ3v) is 6.37. The van der Waals surface area contributed by atoms with Gasteiger partial charge in [-0.25, -0.2) is 9.59 Å². The van der Waals surface area contributed by atoms with Crippen molar-refractivity contribution < 1.29 is 38.1 Å². The van der Waals surface area contributed by atoms with E-state index in [-0.39, 0.29) is 22.6 Å². The highest BCUT2D eigenvalue weighted by Crippen LogP contribution is 2.29. The van der Waals surface area contributed by atoms with E-state index in [0.29, 0.717) is 22.2 Å². The third kappa shape index (κ3) is 7.02. The lowest BCUT2D eigenvalue weighted by Gasteiger charge is -2.32. The molecule has 0 N–H and O–H groups in total. The molecule has 1 aliphatic rings. The number of carbonyl (C=O) groups is 4. The number of rotatable bonds is 6. The molecule has 0 aliphatic heterocycles. The van der Waals surface area contributed by atoms with Crippen molar-refractivity contribution in [1.82, 2.24) is 0 Å². The third-order valence-electron chi connectivity index (χ3n) is 5.65. The van der Waals surface area contributed by atoms with Crippen LogP contribution < -0.4 is 9.47 Å². The quantitative estimate of drug-likeness (QED) is 0.236. The number of carbonyl (C=O) groups excluding carboxylic acids is 4. The van der Waals surface area contributed by atoms with Gasteiger partial charge in [0.05, 0.1) is 11.1 Å². The first-order valence-corrected chi connectivity index (χ1v) is 12.8. The first kappa shape index (κ1) is 27.4. The Bertz CT molecular complexity index is 1310. The summed E-state index contributed by atoms with van der Waals surface area (Å²) in [6, 6.07) is 16.5. The highest BCUT2D eigenvalue weighted by Gasteiger charge is 2.35. The van der Waals surface area contributed by atoms with Gasteiger partial charge in [0.25, 0.3) is 0 Å². The zero-order valence-corrected chi connectivity index (χ0v) is 22.9. The summed E-state index contributed by atoms with van der Waals surface area (Å²) in [5, 5.41) is 0. The van der Waals surface area contributed by atoms with Gasteiger partial charge in [-0.1, -0.05) is 40.2 Å². The minimum atomic E-state index is -0.790. The Hall–Kier alpha value is -3.63. The largest absolute Gasteiger partial charge is 0.454 e. The molecule has 10 heteroatoms. The Kier molecular flexibility index (Phi) is 8.53. The zero-order valence-electron chi connectivity index (χ0n) is 20.4. The molecule has 0 bridgehead atoms. The smallest absolute Gasteiger partial charge is 0.338 e. The molecule has 3 aromatic carbocycles. The Morgan fingerprint density at radius 1 is 0.737 bits per heavy atom. The van der Waals surface area contributed by atoms with E-state index in [1.807, 2.05) is 24.3 Å². The maximum atomic E-state index is 13.1. The predicted octanol–water partition coefficient (Wildman–Crippen LogP) is 5.14. The van der Waals surface area contributed by atoms with Crippen molar-refractivity contribution in [3.05, 3.63) is 87.4 Å². The second-order valence-electron chi connectivity index (χ2n) is 8.64. The van der Waals surface area contributed by atoms with Gasteiger partial charge in [-0.05, 0) is 47.5 Å². The molecule has 2 atom stereocenters. The maximum Gasteiger partial charge on any atom is 0.338 e. The van der Waals surface area contributed by atoms with Crippen molar-refractivity contribution in [2.24, 2.45) is 0 Å². The summed E-state index contributed by atoms with van der Waals surface area (Å²) < 4.78 is 22.4. The molecule has 0 radical (unpaired) electrons. The number of hydrogen-bond donors (Lipinski definition) is 1. The van der Waals surface area contributed by atoms with Gasteiger partial charge >= 0.3 is 23.9 Å². The van der Waals surface area contributed by atoms with Crippen molar-refractivity contribution in [3.63, 3.8) is 0 Å². The van der Waals surface area contributed by atoms with Crippen LogP contribution in [0.3, 0.4) is 0 Å². The SMILES string of the molecule is CC(=O)Oc1cc(Br)cc(C(=O)O[C@H]2Cc3ccccc3C[C@H]2OC(=O)c2cc(S)cc(OC(C)=O)c2)c1. The number of thiol groups is 1. The summed E-state index contributed by atoms with van der Waals surface area (Å²) in [7, 11) is 0. The number of hydrogen-bond acceptors (Lipinski definition) is 9. The first-order valence-electron chi connectivity index (χ1n) is 11.6. The predicted molar refractivity (Wildman–Crippen MR) is 143 cm³/mol. The number of ether oxygens (including phenoxy) is 4. The van der Waals surface area contributed by atoms with Crippen LogP contribution in [0.1, 0.15) is 45.7 Å². The van der Waals surface area contributed by atoms with Gasteiger partial charge in [-0.15, -0.1) is 12.6 Å². The molecular weight excluding hydrogens is 576 g/mol. The molecule has 3 aromatic rings. The second-order valence-corrected chi connectivity index (χ2v) is 10.1. The summed E-state index contributed by atoms with van der Waals surface area (Å²) in [5.41, 5.74) is 2.24. The van der Waals surface area contributed by atoms with Gasteiger partial charge in [0.1, 0.15) is 23.7 Å². The molecule has 4 rings (SSSR count). The zero-order chi connectivity index (χ0) is 27.4. The molecule has 0 saturated heterocycles. The van der Waals surface area contributed by atoms with Crippen LogP contribution in [-0.4, -0.2) is 36.1 Å². The molecule has 8 nitrogen and oxygen atoms in total. The Morgan fingerprint density at radius 2 is 1.21 bits per heavy atom. The van der Waals surface area contributed by atoms with Crippen LogP contribution in [0, 0.1) is 0 Å². The molecule has 0 unspecified atom stereocenters. The van der Waals surface area contributed by atoms with Crippen LogP contribution in [0.25, 0.3) is 0 Å². The number of esters is 4. The van der Waals surface area contributed by atoms with Gasteiger partial charge in [0, 0.05) is 36.1 Å². The summed E-state index contributed by atoms with van der Waals surface area (Å²) >= 11 is 7.59. The van der Waals surface area contributed by atoms with Gasteiger partial charge in [-0.3, -0.25) is 9.59 Å². The van der Waals surface area contributed by atoms with E-state index in [2.05, 4.69) is 28.6 Å². The summed E-state index contributed by atoms with van der Waals surface area (Å²) in [5.74, 6) is -2.07. The van der Waals surface area contributed by atoms with E-state index in [1.54, 1.807) is 12.1 Å². The van der Waals surface area contributed by atoms with Gasteiger partial charge < -0.3 is 18.9 Å². The monoisotopic (exact) mass is 598 g/mol. The van der Waals surface area contributed by atoms with Crippen LogP contribution >= 0.6 is 28.6 Å². The lowest BCUT2D eigenvalue weighted by Crippen LogP contribution is -2.41. The van der Waals surface area contributed by atoms with Gasteiger partial charge in [-0.2, -0.15) is 0 Å². The van der Waals surface area contributed by atoms with Crippen molar-refractivity contribution in [2.75, 3.05) is 0 Å². The standard InChI is InChI=1S/C28H23BrO8S/c1-15(30)34-22-8-19(7-21(29)13-22)27(32)36-25-11-17-5-3-4-6-18(17)12-26(25)37-28(33)20-9-23(35-16(2)31)14-24(38)10-20/h3-10,13-14,25-26,38H,11-12H2,1-2H3/t25-,26+/m0/s1. The van der Waals surface area contributed by atoms with E-state index < -0.39 is 36.1 Å². The molecule has 0 fully saturated rings. The average Bonchev–Trinajstić information content (AvgIpc) is 2.82. The number of halogens is 1. The molecule has 1 aliphatic carbocycles. The second kappa shape index (κ2) is 11.8. The molecule has 0 aromatic heterocycles. The maximum absolute atomic E-state index is 13.1. The summed E-state index contributed by atoms with van der Waals surface area (Å²) in [4.78, 5) is 49.4. The molecule has 0 saturated carbocycles. The fourth-order valence-electron chi connectivity index (χ4n) is 4.13. The minimum Gasteiger partial charge on any atom is -0.454 e. The highest BCUT2D eigenvalue weighted by molar-refractivity contribution is 9.10. The summed E-state index contributed by atoms with van der Waals surface area (Å²) in [6.45, 7) is 2.51. The van der Waals surface area contributed by atoms with Crippen LogP contribution in [0.2, 0.25) is 0 Å². The van der Waals surface area contributed by atoms with Crippen LogP contribution in [0.4, 0.5) is 0 Å². The van der Waals surface area contributed by atoms with Crippen LogP contribution in [0.5, 0.6) is 11.5 Å². The molecule has 0 spiro atoms. The fourth-order valence-corrected chi connectivity index (χ4v) is 4.87. The van der Waals surface area contributed by atoms with Crippen LogP contribution in [-0.2, 0) is 31.9 Å². The lowest BCUT2D eigenvalue weighted by molar-refractivity contribution is -0.132. The average molecular weight is 599 g/mol. The van der Waals surface area contributed by atoms with E-state index in [1.165, 1.54) is 38.1 Å². The van der Waals surface area contributed by atoms with E-state index in [4.69, 9.17) is 18.9 Å². The Morgan fingerprint density at radius 3 is 1.71 bits per heavy atom. The minimum absolute atomic E-state index is 0.135. The van der Waals surface area contributed by atoms with E-state index in [9.17, 15) is 19.2 Å². The Labute approximate surface area is 232 Å². The van der Waals surface area contributed by atoms with Crippen molar-refractivity contribution in [2.45, 2.75) is 43.8 Å². The normalized spacial score (nSPS) is 16.1. The van der Waals surface area contributed by atoms with Crippen LogP contribution in [0.15, 0.2) is 70.0 Å². The van der Waals surface area contributed by atoms with Crippen molar-refractivity contribution >= 4 is 52.4 Å². The fraction of sp³-hybridized carbons (Fsp3) is 0.214. The number of fused-ring (bicyclic) bond motifs is 1. The van der Waals surface area contributed by atoms with Gasteiger partial charge in [0.15, 0.2) is 0 Å². The topological polar surface area (TPSA) is 105 Å². The highest BCUT2D eigenvalue weighted by atomic mass is 79.9. The molecule has 38 heavy (non-hydrogen) atoms. The molecule has 0 amide bonds. The van der Waals surface area contributed by atoms with Gasteiger partial charge in [0.2, 0.25) is 0 Å². The Balaban J connectivity index is 1.58.